The van der Waals surface area contributed by atoms with Crippen molar-refractivity contribution in [2.45, 2.75) is 13.3 Å². The van der Waals surface area contributed by atoms with E-state index in [0.29, 0.717) is 24.6 Å². The van der Waals surface area contributed by atoms with Crippen molar-refractivity contribution in [1.82, 2.24) is 0 Å². The Kier molecular flexibility index (Phi) is 5.58. The molecule has 0 aliphatic rings. The van der Waals surface area contributed by atoms with Gasteiger partial charge in [-0.3, -0.25) is 10.1 Å². The van der Waals surface area contributed by atoms with Crippen molar-refractivity contribution in [3.8, 4) is 5.75 Å². The maximum absolute atomic E-state index is 10.9. The van der Waals surface area contributed by atoms with E-state index in [1.54, 1.807) is 17.4 Å². The average molecular weight is 371 g/mol. The number of non-ortho nitro benzene ring substituents is 1. The number of nitrogens with zero attached hydrogens (tertiary/aromatic N) is 1. The highest BCUT2D eigenvalue weighted by Gasteiger charge is 2.10. The number of nitro benzene ring substituents is 1. The summed E-state index contributed by atoms with van der Waals surface area (Å²) in [6.07, 6.45) is 0.864. The van der Waals surface area contributed by atoms with Gasteiger partial charge in [0.15, 0.2) is 0 Å². The second-order valence-electron chi connectivity index (χ2n) is 4.29. The number of hydrogen-bond donors (Lipinski definition) is 1. The Morgan fingerprint density at radius 3 is 2.81 bits per heavy atom. The first kappa shape index (κ1) is 15.8. The van der Waals surface area contributed by atoms with Crippen LogP contribution in [0.2, 0.25) is 0 Å². The molecular weight excluding hydrogens is 356 g/mol. The Hall–Kier alpha value is -1.60. The van der Waals surface area contributed by atoms with Crippen LogP contribution < -0.4 is 10.1 Å². The Morgan fingerprint density at radius 2 is 2.19 bits per heavy atom. The van der Waals surface area contributed by atoms with Gasteiger partial charge in [0.25, 0.3) is 5.69 Å². The van der Waals surface area contributed by atoms with Crippen LogP contribution in [0, 0.1) is 10.1 Å². The van der Waals surface area contributed by atoms with Crippen molar-refractivity contribution in [1.29, 1.82) is 0 Å². The standard InChI is InChI=1S/C14H15BrN2O3S/c1-2-20-12-8-10(7-11(9-12)17(18)19)16-6-5-13-3-4-14(15)21-13/h3-4,7-9,16H,2,5-6H2,1H3. The predicted octanol–water partition coefficient (Wildman–Crippen LogP) is 4.47. The van der Waals surface area contributed by atoms with Gasteiger partial charge in [-0.25, -0.2) is 0 Å². The van der Waals surface area contributed by atoms with Crippen molar-refractivity contribution < 1.29 is 9.66 Å². The number of ether oxygens (including phenoxy) is 1. The molecule has 7 heteroatoms. The van der Waals surface area contributed by atoms with Gasteiger partial charge in [0, 0.05) is 29.2 Å². The van der Waals surface area contributed by atoms with E-state index in [2.05, 4.69) is 27.3 Å². The fraction of sp³-hybridized carbons (Fsp3) is 0.286. The van der Waals surface area contributed by atoms with E-state index in [1.807, 2.05) is 13.0 Å². The predicted molar refractivity (Wildman–Crippen MR) is 88.5 cm³/mol. The van der Waals surface area contributed by atoms with Gasteiger partial charge < -0.3 is 10.1 Å². The molecule has 0 aliphatic heterocycles. The highest BCUT2D eigenvalue weighted by Crippen LogP contribution is 2.26. The average Bonchev–Trinajstić information content (AvgIpc) is 2.84. The fourth-order valence-electron chi connectivity index (χ4n) is 1.86. The van der Waals surface area contributed by atoms with Crippen LogP contribution in [0.5, 0.6) is 5.75 Å². The van der Waals surface area contributed by atoms with E-state index in [4.69, 9.17) is 4.74 Å². The third-order valence-electron chi connectivity index (χ3n) is 2.74. The topological polar surface area (TPSA) is 64.4 Å². The molecule has 21 heavy (non-hydrogen) atoms. The number of benzene rings is 1. The molecule has 0 aliphatic carbocycles. The second-order valence-corrected chi connectivity index (χ2v) is 6.84. The molecule has 0 atom stereocenters. The lowest BCUT2D eigenvalue weighted by molar-refractivity contribution is -0.384. The second kappa shape index (κ2) is 7.42. The monoisotopic (exact) mass is 370 g/mol. The summed E-state index contributed by atoms with van der Waals surface area (Å²) in [7, 11) is 0. The first-order valence-corrected chi connectivity index (χ1v) is 8.10. The Bertz CT molecular complexity index is 630. The van der Waals surface area contributed by atoms with Gasteiger partial charge in [-0.05, 0) is 41.4 Å². The molecule has 2 rings (SSSR count). The zero-order chi connectivity index (χ0) is 15.2. The zero-order valence-corrected chi connectivity index (χ0v) is 13.9. The number of nitro groups is 1. The lowest BCUT2D eigenvalue weighted by Crippen LogP contribution is -2.05. The van der Waals surface area contributed by atoms with Crippen molar-refractivity contribution in [3.05, 3.63) is 49.1 Å². The van der Waals surface area contributed by atoms with Crippen LogP contribution in [0.25, 0.3) is 0 Å². The van der Waals surface area contributed by atoms with Gasteiger partial charge in [0.05, 0.1) is 21.4 Å². The van der Waals surface area contributed by atoms with Crippen LogP contribution in [-0.4, -0.2) is 18.1 Å². The summed E-state index contributed by atoms with van der Waals surface area (Å²) in [6.45, 7) is 3.03. The molecule has 1 heterocycles. The number of nitrogens with one attached hydrogen (secondary N) is 1. The molecule has 1 N–H and O–H groups in total. The van der Waals surface area contributed by atoms with Crippen LogP contribution in [0.3, 0.4) is 0 Å². The molecule has 0 saturated carbocycles. The number of anilines is 1. The van der Waals surface area contributed by atoms with Gasteiger partial charge in [-0.2, -0.15) is 0 Å². The van der Waals surface area contributed by atoms with Gasteiger partial charge in [0.2, 0.25) is 0 Å². The first-order valence-electron chi connectivity index (χ1n) is 6.49. The first-order chi connectivity index (χ1) is 10.1. The summed E-state index contributed by atoms with van der Waals surface area (Å²) in [4.78, 5) is 11.8. The van der Waals surface area contributed by atoms with E-state index >= 15 is 0 Å². The third-order valence-corrected chi connectivity index (χ3v) is 4.43. The molecule has 0 unspecified atom stereocenters. The van der Waals surface area contributed by atoms with E-state index < -0.39 is 4.92 Å². The largest absolute Gasteiger partial charge is 0.494 e. The van der Waals surface area contributed by atoms with Crippen LogP contribution in [0.1, 0.15) is 11.8 Å². The molecule has 0 bridgehead atoms. The lowest BCUT2D eigenvalue weighted by atomic mass is 10.2. The van der Waals surface area contributed by atoms with Crippen LogP contribution in [0.15, 0.2) is 34.1 Å². The van der Waals surface area contributed by atoms with Crippen LogP contribution in [-0.2, 0) is 6.42 Å². The molecule has 0 radical (unpaired) electrons. The molecule has 0 amide bonds. The maximum atomic E-state index is 10.9. The molecule has 2 aromatic rings. The highest BCUT2D eigenvalue weighted by molar-refractivity contribution is 9.11. The van der Waals surface area contributed by atoms with Crippen molar-refractivity contribution in [3.63, 3.8) is 0 Å². The number of thiophene rings is 1. The van der Waals surface area contributed by atoms with Crippen molar-refractivity contribution >= 4 is 38.6 Å². The number of halogens is 1. The SMILES string of the molecule is CCOc1cc(NCCc2ccc(Br)s2)cc([N+](=O)[O-])c1. The van der Waals surface area contributed by atoms with E-state index in [-0.39, 0.29) is 5.69 Å². The van der Waals surface area contributed by atoms with Gasteiger partial charge in [-0.15, -0.1) is 11.3 Å². The fourth-order valence-corrected chi connectivity index (χ4v) is 3.34. The number of rotatable bonds is 7. The molecular formula is C14H15BrN2O3S. The highest BCUT2D eigenvalue weighted by atomic mass is 79.9. The summed E-state index contributed by atoms with van der Waals surface area (Å²) >= 11 is 5.11. The Morgan fingerprint density at radius 1 is 1.38 bits per heavy atom. The Balaban J connectivity index is 2.02. The normalized spacial score (nSPS) is 10.4. The molecule has 112 valence electrons. The van der Waals surface area contributed by atoms with Crippen LogP contribution in [0.4, 0.5) is 11.4 Å². The summed E-state index contributed by atoms with van der Waals surface area (Å²) in [5.41, 5.74) is 0.727. The van der Waals surface area contributed by atoms with Crippen molar-refractivity contribution in [2.75, 3.05) is 18.5 Å². The minimum absolute atomic E-state index is 0.0299. The summed E-state index contributed by atoms with van der Waals surface area (Å²) < 4.78 is 6.46. The van der Waals surface area contributed by atoms with Gasteiger partial charge >= 0.3 is 0 Å². The van der Waals surface area contributed by atoms with Gasteiger partial charge in [-0.1, -0.05) is 0 Å². The summed E-state index contributed by atoms with van der Waals surface area (Å²) in [6, 6.07) is 8.81. The Labute approximate surface area is 135 Å². The molecule has 0 spiro atoms. The van der Waals surface area contributed by atoms with Crippen LogP contribution >= 0.6 is 27.3 Å². The minimum atomic E-state index is -0.413. The molecule has 0 fully saturated rings. The minimum Gasteiger partial charge on any atom is -0.494 e. The smallest absolute Gasteiger partial charge is 0.275 e. The van der Waals surface area contributed by atoms with E-state index in [0.717, 1.165) is 10.2 Å². The molecule has 5 nitrogen and oxygen atoms in total. The summed E-state index contributed by atoms with van der Waals surface area (Å²) in [5.74, 6) is 0.507. The van der Waals surface area contributed by atoms with Gasteiger partial charge in [0.1, 0.15) is 5.75 Å². The molecule has 0 saturated heterocycles. The van der Waals surface area contributed by atoms with E-state index in [9.17, 15) is 10.1 Å². The lowest BCUT2D eigenvalue weighted by Gasteiger charge is -2.08. The third kappa shape index (κ3) is 4.71. The molecule has 1 aromatic carbocycles. The zero-order valence-electron chi connectivity index (χ0n) is 11.5. The van der Waals surface area contributed by atoms with E-state index in [1.165, 1.54) is 17.0 Å². The molecule has 1 aromatic heterocycles. The maximum Gasteiger partial charge on any atom is 0.275 e. The quantitative estimate of drug-likeness (QED) is 0.576. The number of hydrogen-bond acceptors (Lipinski definition) is 5. The van der Waals surface area contributed by atoms with Crippen molar-refractivity contribution in [2.24, 2.45) is 0 Å². The summed E-state index contributed by atoms with van der Waals surface area (Å²) in [5, 5.41) is 14.1.